The van der Waals surface area contributed by atoms with Crippen LogP contribution in [0.1, 0.15) is 24.2 Å². The summed E-state index contributed by atoms with van der Waals surface area (Å²) in [6, 6.07) is 7.93. The zero-order chi connectivity index (χ0) is 15.0. The van der Waals surface area contributed by atoms with Crippen molar-refractivity contribution in [3.8, 4) is 0 Å². The number of fused-ring (bicyclic) bond motifs is 1. The lowest BCUT2D eigenvalue weighted by molar-refractivity contribution is -0.139. The molecule has 1 fully saturated rings. The first-order valence-corrected chi connectivity index (χ1v) is 7.92. The molecule has 0 saturated carbocycles. The lowest BCUT2D eigenvalue weighted by Gasteiger charge is -2.42. The van der Waals surface area contributed by atoms with Gasteiger partial charge in [-0.2, -0.15) is 0 Å². The smallest absolute Gasteiger partial charge is 0.255 e. The lowest BCUT2D eigenvalue weighted by atomic mass is 10.0. The number of thiophene rings is 1. The van der Waals surface area contributed by atoms with E-state index < -0.39 is 5.60 Å². The SMILES string of the molecule is CC1(C)CN(C(=O)c2csc3ccccc23)CC(CO)O1. The van der Waals surface area contributed by atoms with Crippen molar-refractivity contribution in [2.75, 3.05) is 19.7 Å². The molecule has 1 saturated heterocycles. The molecule has 21 heavy (non-hydrogen) atoms. The normalized spacial score (nSPS) is 21.7. The van der Waals surface area contributed by atoms with Gasteiger partial charge >= 0.3 is 0 Å². The number of hydrogen-bond acceptors (Lipinski definition) is 4. The monoisotopic (exact) mass is 305 g/mol. The minimum Gasteiger partial charge on any atom is -0.394 e. The number of morpholine rings is 1. The van der Waals surface area contributed by atoms with E-state index in [9.17, 15) is 9.90 Å². The van der Waals surface area contributed by atoms with Gasteiger partial charge in [-0.25, -0.2) is 0 Å². The molecule has 0 aliphatic carbocycles. The third kappa shape index (κ3) is 2.81. The second kappa shape index (κ2) is 5.40. The summed E-state index contributed by atoms with van der Waals surface area (Å²) in [5.41, 5.74) is 0.303. The van der Waals surface area contributed by atoms with Crippen LogP contribution in [0.15, 0.2) is 29.6 Å². The van der Waals surface area contributed by atoms with E-state index in [-0.39, 0.29) is 18.6 Å². The van der Waals surface area contributed by atoms with Crippen LogP contribution in [0.3, 0.4) is 0 Å². The fraction of sp³-hybridized carbons (Fsp3) is 0.438. The largest absolute Gasteiger partial charge is 0.394 e. The maximum absolute atomic E-state index is 12.8. The number of carbonyl (C=O) groups is 1. The number of amides is 1. The van der Waals surface area contributed by atoms with E-state index in [1.807, 2.05) is 43.5 Å². The molecule has 2 heterocycles. The average Bonchev–Trinajstić information content (AvgIpc) is 2.88. The molecule has 5 heteroatoms. The van der Waals surface area contributed by atoms with Gasteiger partial charge in [-0.3, -0.25) is 4.79 Å². The van der Waals surface area contributed by atoms with Crippen molar-refractivity contribution in [3.63, 3.8) is 0 Å². The van der Waals surface area contributed by atoms with Gasteiger partial charge in [0.25, 0.3) is 5.91 Å². The van der Waals surface area contributed by atoms with Gasteiger partial charge in [0.05, 0.1) is 23.9 Å². The molecule has 2 aromatic rings. The molecular weight excluding hydrogens is 286 g/mol. The Kier molecular flexibility index (Phi) is 3.73. The van der Waals surface area contributed by atoms with E-state index in [0.717, 1.165) is 15.6 Å². The summed E-state index contributed by atoms with van der Waals surface area (Å²) in [5, 5.41) is 12.3. The fourth-order valence-electron chi connectivity index (χ4n) is 2.86. The van der Waals surface area contributed by atoms with Gasteiger partial charge in [-0.1, -0.05) is 18.2 Å². The highest BCUT2D eigenvalue weighted by Crippen LogP contribution is 2.29. The molecule has 1 N–H and O–H groups in total. The van der Waals surface area contributed by atoms with Crippen LogP contribution >= 0.6 is 11.3 Å². The van der Waals surface area contributed by atoms with Gasteiger partial charge in [-0.05, 0) is 19.9 Å². The highest BCUT2D eigenvalue weighted by Gasteiger charge is 2.36. The highest BCUT2D eigenvalue weighted by molar-refractivity contribution is 7.17. The summed E-state index contributed by atoms with van der Waals surface area (Å²) < 4.78 is 6.88. The molecule has 1 aromatic carbocycles. The Balaban J connectivity index is 1.90. The van der Waals surface area contributed by atoms with E-state index >= 15 is 0 Å². The number of carbonyl (C=O) groups excluding carboxylic acids is 1. The first-order chi connectivity index (χ1) is 10.00. The predicted octanol–water partition coefficient (Wildman–Crippen LogP) is 2.51. The number of nitrogens with zero attached hydrogens (tertiary/aromatic N) is 1. The zero-order valence-corrected chi connectivity index (χ0v) is 13.0. The summed E-state index contributed by atoms with van der Waals surface area (Å²) >= 11 is 1.58. The number of ether oxygens (including phenoxy) is 1. The maximum Gasteiger partial charge on any atom is 0.255 e. The van der Waals surface area contributed by atoms with Crippen molar-refractivity contribution >= 4 is 27.3 Å². The molecule has 1 aliphatic heterocycles. The topological polar surface area (TPSA) is 49.8 Å². The van der Waals surface area contributed by atoms with Crippen LogP contribution in [0, 0.1) is 0 Å². The number of rotatable bonds is 2. The number of benzene rings is 1. The minimum absolute atomic E-state index is 0.0160. The van der Waals surface area contributed by atoms with Crippen molar-refractivity contribution in [2.24, 2.45) is 0 Å². The van der Waals surface area contributed by atoms with Gasteiger partial charge in [0.1, 0.15) is 0 Å². The molecule has 0 radical (unpaired) electrons. The maximum atomic E-state index is 12.8. The number of hydrogen-bond donors (Lipinski definition) is 1. The third-order valence-corrected chi connectivity index (χ3v) is 4.65. The second-order valence-electron chi connectivity index (χ2n) is 6.01. The van der Waals surface area contributed by atoms with Crippen LogP contribution < -0.4 is 0 Å². The Bertz CT molecular complexity index is 664. The van der Waals surface area contributed by atoms with Crippen LogP contribution in [0.4, 0.5) is 0 Å². The van der Waals surface area contributed by atoms with Crippen molar-refractivity contribution in [1.82, 2.24) is 4.90 Å². The molecule has 1 unspecified atom stereocenters. The molecule has 0 spiro atoms. The lowest BCUT2D eigenvalue weighted by Crippen LogP contribution is -2.55. The molecule has 112 valence electrons. The van der Waals surface area contributed by atoms with Crippen LogP contribution in [0.25, 0.3) is 10.1 Å². The molecule has 1 atom stereocenters. The number of aliphatic hydroxyl groups is 1. The van der Waals surface area contributed by atoms with Crippen molar-refractivity contribution in [1.29, 1.82) is 0 Å². The standard InChI is InChI=1S/C16H19NO3S/c1-16(2)10-17(7-11(8-18)20-16)15(19)13-9-21-14-6-4-3-5-12(13)14/h3-6,9,11,18H,7-8,10H2,1-2H3. The van der Waals surface area contributed by atoms with Gasteiger partial charge in [0.15, 0.2) is 0 Å². The first-order valence-electron chi connectivity index (χ1n) is 7.04. The van der Waals surface area contributed by atoms with Gasteiger partial charge in [-0.15, -0.1) is 11.3 Å². The van der Waals surface area contributed by atoms with Crippen LogP contribution in [0.5, 0.6) is 0 Å². The summed E-state index contributed by atoms with van der Waals surface area (Å²) in [6.45, 7) is 4.79. The second-order valence-corrected chi connectivity index (χ2v) is 6.92. The van der Waals surface area contributed by atoms with Crippen LogP contribution in [-0.4, -0.2) is 47.3 Å². The van der Waals surface area contributed by atoms with Crippen molar-refractivity contribution in [3.05, 3.63) is 35.2 Å². The van der Waals surface area contributed by atoms with E-state index in [2.05, 4.69) is 0 Å². The summed E-state index contributed by atoms with van der Waals surface area (Å²) in [7, 11) is 0. The van der Waals surface area contributed by atoms with Gasteiger partial charge in [0, 0.05) is 28.6 Å². The Morgan fingerprint density at radius 1 is 1.48 bits per heavy atom. The number of aliphatic hydroxyl groups excluding tert-OH is 1. The Hall–Kier alpha value is -1.43. The molecular formula is C16H19NO3S. The van der Waals surface area contributed by atoms with Gasteiger partial charge in [0.2, 0.25) is 0 Å². The summed E-state index contributed by atoms with van der Waals surface area (Å²) in [5.74, 6) is 0.0160. The average molecular weight is 305 g/mol. The highest BCUT2D eigenvalue weighted by atomic mass is 32.1. The molecule has 4 nitrogen and oxygen atoms in total. The molecule has 3 rings (SSSR count). The Morgan fingerprint density at radius 2 is 2.24 bits per heavy atom. The van der Waals surface area contributed by atoms with E-state index in [1.165, 1.54) is 0 Å². The van der Waals surface area contributed by atoms with Gasteiger partial charge < -0.3 is 14.7 Å². The fourth-order valence-corrected chi connectivity index (χ4v) is 3.79. The zero-order valence-electron chi connectivity index (χ0n) is 12.2. The van der Waals surface area contributed by atoms with E-state index in [1.54, 1.807) is 16.2 Å². The molecule has 1 aromatic heterocycles. The van der Waals surface area contributed by atoms with E-state index in [0.29, 0.717) is 13.1 Å². The Morgan fingerprint density at radius 3 is 3.00 bits per heavy atom. The minimum atomic E-state index is -0.437. The van der Waals surface area contributed by atoms with Crippen molar-refractivity contribution in [2.45, 2.75) is 25.6 Å². The van der Waals surface area contributed by atoms with Crippen LogP contribution in [0.2, 0.25) is 0 Å². The van der Waals surface area contributed by atoms with E-state index in [4.69, 9.17) is 4.74 Å². The summed E-state index contributed by atoms with van der Waals surface area (Å²) in [6.07, 6.45) is -0.317. The quantitative estimate of drug-likeness (QED) is 0.927. The van der Waals surface area contributed by atoms with Crippen molar-refractivity contribution < 1.29 is 14.6 Å². The molecule has 1 amide bonds. The summed E-state index contributed by atoms with van der Waals surface area (Å²) in [4.78, 5) is 14.6. The molecule has 1 aliphatic rings. The third-order valence-electron chi connectivity index (χ3n) is 3.68. The first kappa shape index (κ1) is 14.5. The predicted molar refractivity (Wildman–Crippen MR) is 83.8 cm³/mol. The Labute approximate surface area is 127 Å². The molecule has 0 bridgehead atoms. The van der Waals surface area contributed by atoms with Crippen LogP contribution in [-0.2, 0) is 4.74 Å².